The largest absolute Gasteiger partial charge is 0.435 e. The van der Waals surface area contributed by atoms with Crippen molar-refractivity contribution in [2.45, 2.75) is 38.3 Å². The van der Waals surface area contributed by atoms with Crippen molar-refractivity contribution in [3.05, 3.63) is 59.6 Å². The molecule has 36 heavy (non-hydrogen) atoms. The maximum absolute atomic E-state index is 13.5. The summed E-state index contributed by atoms with van der Waals surface area (Å²) >= 11 is 0. The number of nitrogens with zero attached hydrogens (tertiary/aromatic N) is 5. The summed E-state index contributed by atoms with van der Waals surface area (Å²) in [5.41, 5.74) is -1.49. The fourth-order valence-electron chi connectivity index (χ4n) is 3.81. The third-order valence-corrected chi connectivity index (χ3v) is 5.71. The van der Waals surface area contributed by atoms with E-state index in [-0.39, 0.29) is 31.0 Å². The molecule has 10 nitrogen and oxygen atoms in total. The lowest BCUT2D eigenvalue weighted by Crippen LogP contribution is -2.42. The van der Waals surface area contributed by atoms with Crippen LogP contribution in [0.2, 0.25) is 0 Å². The molecule has 1 unspecified atom stereocenters. The Morgan fingerprint density at radius 1 is 1.14 bits per heavy atom. The van der Waals surface area contributed by atoms with Crippen LogP contribution in [0.1, 0.15) is 59.9 Å². The van der Waals surface area contributed by atoms with Gasteiger partial charge in [0.05, 0.1) is 17.2 Å². The van der Waals surface area contributed by atoms with Crippen LogP contribution in [0.25, 0.3) is 5.69 Å². The number of urea groups is 1. The summed E-state index contributed by atoms with van der Waals surface area (Å²) in [5, 5.41) is 16.7. The summed E-state index contributed by atoms with van der Waals surface area (Å²) in [6, 6.07) is 7.84. The van der Waals surface area contributed by atoms with Gasteiger partial charge < -0.3 is 20.0 Å². The van der Waals surface area contributed by atoms with Gasteiger partial charge in [0.1, 0.15) is 0 Å². The molecule has 3 aromatic rings. The van der Waals surface area contributed by atoms with E-state index in [4.69, 9.17) is 4.42 Å². The Bertz CT molecular complexity index is 1210. The molecule has 1 atom stereocenters. The Labute approximate surface area is 204 Å². The van der Waals surface area contributed by atoms with Gasteiger partial charge in [0.25, 0.3) is 5.91 Å². The van der Waals surface area contributed by atoms with Crippen LogP contribution in [0, 0.1) is 0 Å². The highest BCUT2D eigenvalue weighted by Gasteiger charge is 2.39. The molecule has 3 amide bonds. The molecule has 1 fully saturated rings. The standard InChI is InChI=1S/C23H26F3N7O3/c1-14(2)20-29-30-21(36-20)15-8-11-32(12-15)22(35)28-10-9-27-19(34)17-13-33(16-6-4-3-5-7-16)31-18(17)23(24,25)26/h3-7,13-15H,8-12H2,1-2H3,(H,27,34)(H,28,35). The van der Waals surface area contributed by atoms with Crippen molar-refractivity contribution in [1.29, 1.82) is 0 Å². The van der Waals surface area contributed by atoms with Gasteiger partial charge in [0, 0.05) is 38.3 Å². The van der Waals surface area contributed by atoms with E-state index in [2.05, 4.69) is 25.9 Å². The van der Waals surface area contributed by atoms with Crippen LogP contribution in [0.3, 0.4) is 0 Å². The van der Waals surface area contributed by atoms with Crippen molar-refractivity contribution in [2.24, 2.45) is 0 Å². The SMILES string of the molecule is CC(C)c1nnc(C2CCN(C(=O)NCCNC(=O)c3cn(-c4ccccc4)nc3C(F)(F)F)C2)o1. The van der Waals surface area contributed by atoms with E-state index >= 15 is 0 Å². The van der Waals surface area contributed by atoms with E-state index in [1.807, 2.05) is 13.8 Å². The predicted molar refractivity (Wildman–Crippen MR) is 122 cm³/mol. The molecule has 1 saturated heterocycles. The second-order valence-corrected chi connectivity index (χ2v) is 8.72. The number of amides is 3. The first-order valence-electron chi connectivity index (χ1n) is 11.5. The Hall–Kier alpha value is -3.90. The van der Waals surface area contributed by atoms with E-state index in [9.17, 15) is 22.8 Å². The Morgan fingerprint density at radius 2 is 1.86 bits per heavy atom. The average Bonchev–Trinajstić information content (AvgIpc) is 3.60. The van der Waals surface area contributed by atoms with Crippen LogP contribution in [0.4, 0.5) is 18.0 Å². The fourth-order valence-corrected chi connectivity index (χ4v) is 3.81. The molecule has 13 heteroatoms. The number of likely N-dealkylation sites (tertiary alicyclic amines) is 1. The van der Waals surface area contributed by atoms with Crippen LogP contribution in [-0.2, 0) is 6.18 Å². The molecule has 2 N–H and O–H groups in total. The van der Waals surface area contributed by atoms with Gasteiger partial charge in [-0.2, -0.15) is 18.3 Å². The third-order valence-electron chi connectivity index (χ3n) is 5.71. The molecule has 0 spiro atoms. The van der Waals surface area contributed by atoms with Gasteiger partial charge in [0.2, 0.25) is 11.8 Å². The number of para-hydroxylation sites is 1. The first-order valence-corrected chi connectivity index (χ1v) is 11.5. The van der Waals surface area contributed by atoms with Gasteiger partial charge in [-0.3, -0.25) is 4.79 Å². The zero-order valence-corrected chi connectivity index (χ0v) is 19.7. The topological polar surface area (TPSA) is 118 Å². The Morgan fingerprint density at radius 3 is 2.53 bits per heavy atom. The van der Waals surface area contributed by atoms with Gasteiger partial charge >= 0.3 is 12.2 Å². The number of rotatable bonds is 7. The molecule has 3 heterocycles. The van der Waals surface area contributed by atoms with E-state index in [0.29, 0.717) is 37.0 Å². The first kappa shape index (κ1) is 25.2. The van der Waals surface area contributed by atoms with Gasteiger partial charge in [-0.15, -0.1) is 10.2 Å². The van der Waals surface area contributed by atoms with Gasteiger partial charge in [-0.05, 0) is 18.6 Å². The van der Waals surface area contributed by atoms with E-state index < -0.39 is 23.3 Å². The molecular formula is C23H26F3N7O3. The summed E-state index contributed by atoms with van der Waals surface area (Å²) in [6.07, 6.45) is -3.09. The summed E-state index contributed by atoms with van der Waals surface area (Å²) in [6.45, 7) is 4.78. The van der Waals surface area contributed by atoms with Crippen LogP contribution in [0.5, 0.6) is 0 Å². The van der Waals surface area contributed by atoms with Crippen molar-refractivity contribution in [1.82, 2.24) is 35.5 Å². The lowest BCUT2D eigenvalue weighted by Gasteiger charge is -2.17. The number of carbonyl (C=O) groups excluding carboxylic acids is 2. The quantitative estimate of drug-likeness (QED) is 0.476. The average molecular weight is 506 g/mol. The molecule has 192 valence electrons. The second-order valence-electron chi connectivity index (χ2n) is 8.72. The molecule has 0 bridgehead atoms. The fraction of sp³-hybridized carbons (Fsp3) is 0.435. The minimum atomic E-state index is -4.80. The highest BCUT2D eigenvalue weighted by Crippen LogP contribution is 2.31. The molecule has 0 aliphatic carbocycles. The zero-order valence-electron chi connectivity index (χ0n) is 19.7. The van der Waals surface area contributed by atoms with Crippen molar-refractivity contribution in [2.75, 3.05) is 26.2 Å². The van der Waals surface area contributed by atoms with Crippen molar-refractivity contribution < 1.29 is 27.2 Å². The number of carbonyl (C=O) groups is 2. The molecule has 0 saturated carbocycles. The summed E-state index contributed by atoms with van der Waals surface area (Å²) in [4.78, 5) is 26.6. The minimum Gasteiger partial charge on any atom is -0.425 e. The Balaban J connectivity index is 1.29. The number of aromatic nitrogens is 4. The normalized spacial score (nSPS) is 15.9. The molecule has 4 rings (SSSR count). The number of halogens is 3. The predicted octanol–water partition coefficient (Wildman–Crippen LogP) is 3.33. The van der Waals surface area contributed by atoms with Gasteiger partial charge in [-0.1, -0.05) is 32.0 Å². The molecule has 2 aromatic heterocycles. The Kier molecular flexibility index (Phi) is 7.27. The van der Waals surface area contributed by atoms with Crippen LogP contribution in [-0.4, -0.2) is 63.0 Å². The maximum Gasteiger partial charge on any atom is 0.435 e. The smallest absolute Gasteiger partial charge is 0.425 e. The molecule has 0 radical (unpaired) electrons. The summed E-state index contributed by atoms with van der Waals surface area (Å²) in [7, 11) is 0. The maximum atomic E-state index is 13.5. The molecular weight excluding hydrogens is 479 g/mol. The van der Waals surface area contributed by atoms with Crippen molar-refractivity contribution >= 4 is 11.9 Å². The lowest BCUT2D eigenvalue weighted by atomic mass is 10.1. The number of hydrogen-bond donors (Lipinski definition) is 2. The number of nitrogens with one attached hydrogen (secondary N) is 2. The van der Waals surface area contributed by atoms with E-state index in [1.165, 1.54) is 0 Å². The third kappa shape index (κ3) is 5.66. The highest BCUT2D eigenvalue weighted by molar-refractivity contribution is 5.95. The number of alkyl halides is 3. The summed E-state index contributed by atoms with van der Waals surface area (Å²) < 4.78 is 47.1. The van der Waals surface area contributed by atoms with Crippen LogP contribution < -0.4 is 10.6 Å². The zero-order chi connectivity index (χ0) is 25.9. The first-order chi connectivity index (χ1) is 17.1. The summed E-state index contributed by atoms with van der Waals surface area (Å²) in [5.74, 6) is 0.168. The van der Waals surface area contributed by atoms with E-state index in [1.54, 1.807) is 35.2 Å². The van der Waals surface area contributed by atoms with Gasteiger partial charge in [0.15, 0.2) is 5.69 Å². The second kappa shape index (κ2) is 10.4. The van der Waals surface area contributed by atoms with Crippen LogP contribution in [0.15, 0.2) is 40.9 Å². The lowest BCUT2D eigenvalue weighted by molar-refractivity contribution is -0.141. The highest BCUT2D eigenvalue weighted by atomic mass is 19.4. The van der Waals surface area contributed by atoms with Gasteiger partial charge in [-0.25, -0.2) is 9.48 Å². The molecule has 1 aliphatic rings. The van der Waals surface area contributed by atoms with Crippen molar-refractivity contribution in [3.8, 4) is 5.69 Å². The molecule has 1 aromatic carbocycles. The number of hydrogen-bond acceptors (Lipinski definition) is 6. The van der Waals surface area contributed by atoms with Crippen molar-refractivity contribution in [3.63, 3.8) is 0 Å². The minimum absolute atomic E-state index is 0.0397. The number of benzene rings is 1. The molecule has 1 aliphatic heterocycles. The van der Waals surface area contributed by atoms with E-state index in [0.717, 1.165) is 10.9 Å². The monoisotopic (exact) mass is 505 g/mol. The van der Waals surface area contributed by atoms with Crippen LogP contribution >= 0.6 is 0 Å².